The molecule has 9 nitrogen and oxygen atoms in total. The Morgan fingerprint density at radius 1 is 1.24 bits per heavy atom. The molecule has 29 heavy (non-hydrogen) atoms. The molecule has 1 aliphatic rings. The van der Waals surface area contributed by atoms with Gasteiger partial charge in [-0.15, -0.1) is 0 Å². The zero-order chi connectivity index (χ0) is 21.0. The Labute approximate surface area is 167 Å². The molecule has 1 atom stereocenters. The first-order chi connectivity index (χ1) is 13.9. The van der Waals surface area contributed by atoms with Gasteiger partial charge in [-0.05, 0) is 49.7 Å². The topological polar surface area (TPSA) is 114 Å². The van der Waals surface area contributed by atoms with Crippen molar-refractivity contribution in [2.45, 2.75) is 25.8 Å². The molecular weight excluding hydrogens is 376 g/mol. The molecule has 0 radical (unpaired) electrons. The average Bonchev–Trinajstić information content (AvgIpc) is 3.14. The molecule has 0 bridgehead atoms. The maximum absolute atomic E-state index is 12.5. The van der Waals surface area contributed by atoms with E-state index in [1.807, 2.05) is 12.1 Å². The van der Waals surface area contributed by atoms with Crippen molar-refractivity contribution in [3.8, 4) is 5.75 Å². The van der Waals surface area contributed by atoms with Gasteiger partial charge in [-0.1, -0.05) is 0 Å². The number of nitrogens with zero attached hydrogens (tertiary/aromatic N) is 2. The molecule has 9 heteroatoms. The third-order valence-electron chi connectivity index (χ3n) is 4.69. The Morgan fingerprint density at radius 3 is 2.55 bits per heavy atom. The first kappa shape index (κ1) is 20.1. The van der Waals surface area contributed by atoms with Gasteiger partial charge < -0.3 is 20.3 Å². The Kier molecular flexibility index (Phi) is 5.96. The molecule has 1 aliphatic heterocycles. The number of nitro benzene ring substituents is 1. The van der Waals surface area contributed by atoms with E-state index in [1.165, 1.54) is 19.2 Å². The maximum Gasteiger partial charge on any atom is 0.296 e. The monoisotopic (exact) mass is 398 g/mol. The molecule has 0 unspecified atom stereocenters. The van der Waals surface area contributed by atoms with E-state index in [0.29, 0.717) is 24.4 Å². The van der Waals surface area contributed by atoms with Crippen LogP contribution in [0.3, 0.4) is 0 Å². The van der Waals surface area contributed by atoms with Crippen LogP contribution < -0.4 is 20.3 Å². The zero-order valence-electron chi connectivity index (χ0n) is 16.2. The molecule has 2 N–H and O–H groups in total. The van der Waals surface area contributed by atoms with E-state index < -0.39 is 16.9 Å². The molecular formula is C20H22N4O5. The van der Waals surface area contributed by atoms with Crippen molar-refractivity contribution in [3.05, 3.63) is 52.6 Å². The minimum absolute atomic E-state index is 0.0948. The number of hydrogen-bond donors (Lipinski definition) is 2. The highest BCUT2D eigenvalue weighted by Crippen LogP contribution is 2.29. The Balaban J connectivity index is 1.65. The highest BCUT2D eigenvalue weighted by molar-refractivity contribution is 5.98. The summed E-state index contributed by atoms with van der Waals surface area (Å²) in [6.07, 6.45) is 1.42. The lowest BCUT2D eigenvalue weighted by molar-refractivity contribution is -0.384. The van der Waals surface area contributed by atoms with Gasteiger partial charge in [-0.25, -0.2) is 0 Å². The summed E-state index contributed by atoms with van der Waals surface area (Å²) < 4.78 is 4.99. The second kappa shape index (κ2) is 8.59. The van der Waals surface area contributed by atoms with Gasteiger partial charge in [-0.3, -0.25) is 19.7 Å². The Bertz CT molecular complexity index is 929. The predicted octanol–water partition coefficient (Wildman–Crippen LogP) is 3.17. The molecule has 1 heterocycles. The number of methoxy groups -OCH3 is 1. The second-order valence-electron chi connectivity index (χ2n) is 6.69. The van der Waals surface area contributed by atoms with Crippen LogP contribution in [0.25, 0.3) is 0 Å². The molecule has 1 saturated heterocycles. The largest absolute Gasteiger partial charge is 0.496 e. The normalized spacial score (nSPS) is 14.4. The van der Waals surface area contributed by atoms with Gasteiger partial charge in [0, 0.05) is 24.3 Å². The minimum Gasteiger partial charge on any atom is -0.496 e. The van der Waals surface area contributed by atoms with Gasteiger partial charge in [0.25, 0.3) is 5.69 Å². The first-order valence-corrected chi connectivity index (χ1v) is 9.19. The van der Waals surface area contributed by atoms with Crippen LogP contribution in [0.1, 0.15) is 19.8 Å². The smallest absolute Gasteiger partial charge is 0.296 e. The number of hydrogen-bond acceptors (Lipinski definition) is 6. The summed E-state index contributed by atoms with van der Waals surface area (Å²) in [6.45, 7) is 2.37. The van der Waals surface area contributed by atoms with Crippen LogP contribution in [0.15, 0.2) is 42.5 Å². The van der Waals surface area contributed by atoms with Crippen molar-refractivity contribution >= 4 is 34.6 Å². The first-order valence-electron chi connectivity index (χ1n) is 9.19. The molecule has 2 aromatic carbocycles. The van der Waals surface area contributed by atoms with Gasteiger partial charge in [0.1, 0.15) is 17.5 Å². The fraction of sp³-hybridized carbons (Fsp3) is 0.300. The van der Waals surface area contributed by atoms with Gasteiger partial charge in [-0.2, -0.15) is 0 Å². The molecule has 0 spiro atoms. The minimum atomic E-state index is -0.643. The number of nitro groups is 1. The van der Waals surface area contributed by atoms with Gasteiger partial charge in [0.05, 0.1) is 18.1 Å². The number of carbonyl (C=O) groups excluding carboxylic acids is 2. The quantitative estimate of drug-likeness (QED) is 0.547. The van der Waals surface area contributed by atoms with Crippen molar-refractivity contribution < 1.29 is 19.2 Å². The van der Waals surface area contributed by atoms with Gasteiger partial charge >= 0.3 is 0 Å². The van der Waals surface area contributed by atoms with E-state index in [1.54, 1.807) is 30.0 Å². The summed E-state index contributed by atoms with van der Waals surface area (Å²) in [7, 11) is 1.41. The second-order valence-corrected chi connectivity index (χ2v) is 6.69. The van der Waals surface area contributed by atoms with Gasteiger partial charge in [0.15, 0.2) is 0 Å². The summed E-state index contributed by atoms with van der Waals surface area (Å²) in [4.78, 5) is 36.7. The summed E-state index contributed by atoms with van der Waals surface area (Å²) in [5.41, 5.74) is 1.37. The SMILES string of the molecule is COc1ccc(NC(=O)[C@@H](C)Nc2ccc(N3CCCC3=O)cc2)c([N+](=O)[O-])c1. The number of rotatable bonds is 7. The van der Waals surface area contributed by atoms with Crippen molar-refractivity contribution in [1.29, 1.82) is 0 Å². The van der Waals surface area contributed by atoms with Crippen LogP contribution in [0.4, 0.5) is 22.7 Å². The Hall–Kier alpha value is -3.62. The predicted molar refractivity (Wildman–Crippen MR) is 109 cm³/mol. The molecule has 0 aromatic heterocycles. The van der Waals surface area contributed by atoms with E-state index in [-0.39, 0.29) is 17.3 Å². The summed E-state index contributed by atoms with van der Waals surface area (Å²) in [5.74, 6) is 0.0223. The molecule has 1 fully saturated rings. The molecule has 152 valence electrons. The Morgan fingerprint density at radius 2 is 1.97 bits per heavy atom. The number of amides is 2. The molecule has 0 saturated carbocycles. The van der Waals surface area contributed by atoms with Gasteiger partial charge in [0.2, 0.25) is 11.8 Å². The van der Waals surface area contributed by atoms with Crippen LogP contribution in [0, 0.1) is 10.1 Å². The number of ether oxygens (including phenoxy) is 1. The third-order valence-corrected chi connectivity index (χ3v) is 4.69. The number of anilines is 3. The number of benzene rings is 2. The molecule has 3 rings (SSSR count). The lowest BCUT2D eigenvalue weighted by Gasteiger charge is -2.18. The van der Waals surface area contributed by atoms with Crippen LogP contribution in [-0.2, 0) is 9.59 Å². The van der Waals surface area contributed by atoms with E-state index in [9.17, 15) is 19.7 Å². The fourth-order valence-corrected chi connectivity index (χ4v) is 3.11. The molecule has 2 amide bonds. The van der Waals surface area contributed by atoms with Crippen molar-refractivity contribution in [2.75, 3.05) is 29.2 Å². The van der Waals surface area contributed by atoms with Crippen LogP contribution in [0.5, 0.6) is 5.75 Å². The van der Waals surface area contributed by atoms with E-state index in [4.69, 9.17) is 4.74 Å². The van der Waals surface area contributed by atoms with Crippen molar-refractivity contribution in [2.24, 2.45) is 0 Å². The van der Waals surface area contributed by atoms with Crippen LogP contribution >= 0.6 is 0 Å². The van der Waals surface area contributed by atoms with E-state index >= 15 is 0 Å². The van der Waals surface area contributed by atoms with Crippen molar-refractivity contribution in [3.63, 3.8) is 0 Å². The zero-order valence-corrected chi connectivity index (χ0v) is 16.2. The van der Waals surface area contributed by atoms with Crippen molar-refractivity contribution in [1.82, 2.24) is 0 Å². The lowest BCUT2D eigenvalue weighted by atomic mass is 10.2. The standard InChI is InChI=1S/C20H22N4O5/c1-13(20(26)22-17-10-9-16(29-2)12-18(17)24(27)28)21-14-5-7-15(8-6-14)23-11-3-4-19(23)25/h5-10,12-13,21H,3-4,11H2,1-2H3,(H,22,26)/t13-/m1/s1. The molecule has 2 aromatic rings. The van der Waals surface area contributed by atoms with E-state index in [2.05, 4.69) is 10.6 Å². The summed E-state index contributed by atoms with van der Waals surface area (Å²) in [5, 5.41) is 16.9. The average molecular weight is 398 g/mol. The number of carbonyl (C=O) groups is 2. The van der Waals surface area contributed by atoms with Crippen LogP contribution in [0.2, 0.25) is 0 Å². The maximum atomic E-state index is 12.5. The summed E-state index contributed by atoms with van der Waals surface area (Å²) in [6, 6.07) is 10.8. The number of nitrogens with one attached hydrogen (secondary N) is 2. The summed E-state index contributed by atoms with van der Waals surface area (Å²) >= 11 is 0. The highest BCUT2D eigenvalue weighted by Gasteiger charge is 2.22. The molecule has 0 aliphatic carbocycles. The fourth-order valence-electron chi connectivity index (χ4n) is 3.11. The van der Waals surface area contributed by atoms with E-state index in [0.717, 1.165) is 12.1 Å². The lowest BCUT2D eigenvalue weighted by Crippen LogP contribution is -2.32. The van der Waals surface area contributed by atoms with Crippen LogP contribution in [-0.4, -0.2) is 36.4 Å². The third kappa shape index (κ3) is 4.63. The highest BCUT2D eigenvalue weighted by atomic mass is 16.6.